The molecule has 0 rings (SSSR count). The number of hydrogen-bond acceptors (Lipinski definition) is 2. The molecule has 0 aromatic carbocycles. The van der Waals surface area contributed by atoms with Gasteiger partial charge in [0, 0.05) is 24.8 Å². The number of hydrogen-bond donors (Lipinski definition) is 0. The van der Waals surface area contributed by atoms with Crippen LogP contribution >= 0.6 is 0 Å². The van der Waals surface area contributed by atoms with E-state index in [1.165, 1.54) is 12.8 Å². The average Bonchev–Trinajstić information content (AvgIpc) is 2.47. The highest BCUT2D eigenvalue weighted by molar-refractivity contribution is 6.72. The lowest BCUT2D eigenvalue weighted by molar-refractivity contribution is 0.146. The van der Waals surface area contributed by atoms with Crippen LogP contribution in [0.2, 0.25) is 10.6 Å². The number of rotatable bonds is 10. The summed E-state index contributed by atoms with van der Waals surface area (Å²) in [5.41, 5.74) is 0.531. The van der Waals surface area contributed by atoms with Crippen LogP contribution in [0.25, 0.3) is 0 Å². The molecule has 0 amide bonds. The van der Waals surface area contributed by atoms with Crippen molar-refractivity contribution in [1.82, 2.24) is 0 Å². The third-order valence-corrected chi connectivity index (χ3v) is 11.0. The van der Waals surface area contributed by atoms with Crippen LogP contribution in [-0.4, -0.2) is 22.8 Å². The maximum absolute atomic E-state index is 6.19. The molecule has 0 heterocycles. The fraction of sp³-hybridized carbons (Fsp3) is 1.00. The molecule has 1 unspecified atom stereocenters. The van der Waals surface area contributed by atoms with E-state index < -0.39 is 8.56 Å². The zero-order valence-electron chi connectivity index (χ0n) is 14.5. The standard InChI is InChI=1S/C16H36O2Si/c1-9-14(6)19(17-7,18-8)16(12-4,13-5)15(10-2)11-3/h14-15H,9-13H2,1-8H3. The van der Waals surface area contributed by atoms with E-state index in [0.717, 1.165) is 19.3 Å². The summed E-state index contributed by atoms with van der Waals surface area (Å²) < 4.78 is 12.4. The molecule has 0 N–H and O–H groups in total. The van der Waals surface area contributed by atoms with Gasteiger partial charge in [-0.2, -0.15) is 0 Å². The van der Waals surface area contributed by atoms with Gasteiger partial charge < -0.3 is 8.85 Å². The van der Waals surface area contributed by atoms with Gasteiger partial charge in [0.25, 0.3) is 0 Å². The average molecular weight is 289 g/mol. The third kappa shape index (κ3) is 3.08. The summed E-state index contributed by atoms with van der Waals surface area (Å²) in [7, 11) is 1.53. The molecule has 116 valence electrons. The van der Waals surface area contributed by atoms with Crippen LogP contribution in [0.3, 0.4) is 0 Å². The molecular formula is C16H36O2Si. The summed E-state index contributed by atoms with van der Waals surface area (Å²) in [5.74, 6) is 0.697. The van der Waals surface area contributed by atoms with E-state index in [4.69, 9.17) is 8.85 Å². The van der Waals surface area contributed by atoms with E-state index in [2.05, 4.69) is 41.5 Å². The lowest BCUT2D eigenvalue weighted by Crippen LogP contribution is -2.57. The largest absolute Gasteiger partial charge is 0.397 e. The highest BCUT2D eigenvalue weighted by atomic mass is 28.4. The fourth-order valence-electron chi connectivity index (χ4n) is 4.33. The Morgan fingerprint density at radius 1 is 0.842 bits per heavy atom. The Balaban J connectivity index is 5.88. The second-order valence-corrected chi connectivity index (χ2v) is 9.89. The Kier molecular flexibility index (Phi) is 8.49. The molecule has 2 nitrogen and oxygen atoms in total. The Morgan fingerprint density at radius 2 is 1.26 bits per heavy atom. The molecule has 0 aliphatic carbocycles. The molecule has 0 aromatic heterocycles. The van der Waals surface area contributed by atoms with Crippen molar-refractivity contribution in [1.29, 1.82) is 0 Å². The van der Waals surface area contributed by atoms with Crippen molar-refractivity contribution in [2.45, 2.75) is 84.2 Å². The Labute approximate surface area is 122 Å². The van der Waals surface area contributed by atoms with Crippen molar-refractivity contribution in [3.63, 3.8) is 0 Å². The summed E-state index contributed by atoms with van der Waals surface area (Å²) in [5, 5.41) is 0.232. The van der Waals surface area contributed by atoms with Gasteiger partial charge in [-0.3, -0.25) is 0 Å². The summed E-state index contributed by atoms with van der Waals surface area (Å²) in [6, 6.07) is 0. The Hall–Kier alpha value is 0.137. The van der Waals surface area contributed by atoms with Crippen molar-refractivity contribution in [2.24, 2.45) is 5.92 Å². The quantitative estimate of drug-likeness (QED) is 0.493. The second kappa shape index (κ2) is 8.43. The van der Waals surface area contributed by atoms with Crippen LogP contribution in [-0.2, 0) is 8.85 Å². The first-order valence-corrected chi connectivity index (χ1v) is 9.99. The zero-order valence-corrected chi connectivity index (χ0v) is 15.5. The third-order valence-electron chi connectivity index (χ3n) is 5.59. The summed E-state index contributed by atoms with van der Waals surface area (Å²) in [6.45, 7) is 13.9. The van der Waals surface area contributed by atoms with Crippen LogP contribution in [0.15, 0.2) is 0 Å². The minimum absolute atomic E-state index is 0.232. The van der Waals surface area contributed by atoms with Gasteiger partial charge in [-0.25, -0.2) is 0 Å². The molecule has 0 bridgehead atoms. The van der Waals surface area contributed by atoms with Crippen molar-refractivity contribution in [2.75, 3.05) is 14.2 Å². The van der Waals surface area contributed by atoms with E-state index in [-0.39, 0.29) is 5.04 Å². The smallest absolute Gasteiger partial charge is 0.347 e. The lowest BCUT2D eigenvalue weighted by atomic mass is 9.83. The van der Waals surface area contributed by atoms with Crippen LogP contribution in [0, 0.1) is 5.92 Å². The predicted molar refractivity (Wildman–Crippen MR) is 86.8 cm³/mol. The van der Waals surface area contributed by atoms with Gasteiger partial charge in [-0.05, 0) is 18.8 Å². The van der Waals surface area contributed by atoms with Gasteiger partial charge in [-0.15, -0.1) is 0 Å². The van der Waals surface area contributed by atoms with Gasteiger partial charge in [-0.1, -0.05) is 60.8 Å². The van der Waals surface area contributed by atoms with Crippen LogP contribution in [0.4, 0.5) is 0 Å². The maximum Gasteiger partial charge on any atom is 0.347 e. The molecule has 0 saturated heterocycles. The van der Waals surface area contributed by atoms with Crippen LogP contribution in [0.5, 0.6) is 0 Å². The van der Waals surface area contributed by atoms with Crippen LogP contribution < -0.4 is 0 Å². The second-order valence-electron chi connectivity index (χ2n) is 5.76. The maximum atomic E-state index is 6.19. The topological polar surface area (TPSA) is 18.5 Å². The van der Waals surface area contributed by atoms with Gasteiger partial charge in [0.15, 0.2) is 0 Å². The van der Waals surface area contributed by atoms with Crippen molar-refractivity contribution in [3.8, 4) is 0 Å². The molecule has 0 fully saturated rings. The molecule has 1 atom stereocenters. The van der Waals surface area contributed by atoms with E-state index in [0.29, 0.717) is 11.5 Å². The SMILES string of the molecule is CCC(CC)C(CC)(CC)[Si](OC)(OC)C(C)CC. The summed E-state index contributed by atoms with van der Waals surface area (Å²) >= 11 is 0. The van der Waals surface area contributed by atoms with Gasteiger partial charge >= 0.3 is 8.56 Å². The molecule has 0 spiro atoms. The molecule has 0 radical (unpaired) electrons. The highest BCUT2D eigenvalue weighted by Crippen LogP contribution is 2.58. The zero-order chi connectivity index (χ0) is 15.1. The van der Waals surface area contributed by atoms with E-state index in [1.54, 1.807) is 0 Å². The van der Waals surface area contributed by atoms with E-state index in [1.807, 2.05) is 14.2 Å². The molecule has 0 aromatic rings. The van der Waals surface area contributed by atoms with Gasteiger partial charge in [0.05, 0.1) is 0 Å². The first kappa shape index (κ1) is 19.1. The Morgan fingerprint density at radius 3 is 1.47 bits per heavy atom. The molecule has 0 saturated carbocycles. The molecule has 0 aliphatic heterocycles. The highest BCUT2D eigenvalue weighted by Gasteiger charge is 2.60. The molecular weight excluding hydrogens is 252 g/mol. The normalized spacial score (nSPS) is 15.0. The first-order valence-electron chi connectivity index (χ1n) is 8.10. The van der Waals surface area contributed by atoms with Gasteiger partial charge in [0.2, 0.25) is 0 Å². The summed E-state index contributed by atoms with van der Waals surface area (Å²) in [6.07, 6.45) is 5.89. The monoisotopic (exact) mass is 288 g/mol. The minimum Gasteiger partial charge on any atom is -0.397 e. The lowest BCUT2D eigenvalue weighted by Gasteiger charge is -2.52. The summed E-state index contributed by atoms with van der Waals surface area (Å²) in [4.78, 5) is 0. The van der Waals surface area contributed by atoms with Crippen molar-refractivity contribution < 1.29 is 8.85 Å². The molecule has 19 heavy (non-hydrogen) atoms. The van der Waals surface area contributed by atoms with Crippen molar-refractivity contribution >= 4 is 8.56 Å². The van der Waals surface area contributed by atoms with E-state index in [9.17, 15) is 0 Å². The fourth-order valence-corrected chi connectivity index (χ4v) is 9.59. The van der Waals surface area contributed by atoms with Gasteiger partial charge in [0.1, 0.15) is 0 Å². The first-order chi connectivity index (χ1) is 8.99. The van der Waals surface area contributed by atoms with Crippen LogP contribution in [0.1, 0.15) is 73.6 Å². The Bertz CT molecular complexity index is 231. The molecule has 3 heteroatoms. The van der Waals surface area contributed by atoms with E-state index >= 15 is 0 Å². The predicted octanol–water partition coefficient (Wildman–Crippen LogP) is 5.52. The van der Waals surface area contributed by atoms with Crippen molar-refractivity contribution in [3.05, 3.63) is 0 Å². The minimum atomic E-state index is -2.23. The molecule has 0 aliphatic rings.